The van der Waals surface area contributed by atoms with Crippen LogP contribution < -0.4 is 5.32 Å². The molecule has 3 atom stereocenters. The molecule has 4 rings (SSSR count). The Labute approximate surface area is 157 Å². The standard InChI is InChI=1S/C18H22FN3O4S/c1-21-13-6-12(7-14(21)10-26-9-13)20-18(23)16-8-22(27(2,24)25)17-4-3-11(19)5-15(16)17/h3-5,8,12-14H,6-7,9-10H2,1-2H3,(H,20,23)/t12-,13-,14+. The van der Waals surface area contributed by atoms with E-state index in [1.165, 1.54) is 24.4 Å². The molecule has 27 heavy (non-hydrogen) atoms. The van der Waals surface area contributed by atoms with Crippen LogP contribution in [0.3, 0.4) is 0 Å². The topological polar surface area (TPSA) is 80.6 Å². The van der Waals surface area contributed by atoms with Gasteiger partial charge in [-0.25, -0.2) is 16.8 Å². The van der Waals surface area contributed by atoms with Crippen LogP contribution in [0.1, 0.15) is 23.2 Å². The van der Waals surface area contributed by atoms with E-state index in [1.807, 2.05) is 0 Å². The number of ether oxygens (including phenoxy) is 1. The molecule has 0 radical (unpaired) electrons. The third-order valence-electron chi connectivity index (χ3n) is 5.56. The van der Waals surface area contributed by atoms with E-state index in [2.05, 4.69) is 17.3 Å². The van der Waals surface area contributed by atoms with Gasteiger partial charge in [0.25, 0.3) is 5.91 Å². The highest BCUT2D eigenvalue weighted by Crippen LogP contribution is 2.28. The Morgan fingerprint density at radius 1 is 1.26 bits per heavy atom. The van der Waals surface area contributed by atoms with Gasteiger partial charge in [0, 0.05) is 29.7 Å². The maximum Gasteiger partial charge on any atom is 0.253 e. The first-order valence-corrected chi connectivity index (χ1v) is 10.7. The van der Waals surface area contributed by atoms with Crippen molar-refractivity contribution in [3.05, 3.63) is 35.8 Å². The van der Waals surface area contributed by atoms with Crippen molar-refractivity contribution < 1.29 is 22.3 Å². The van der Waals surface area contributed by atoms with Gasteiger partial charge in [0.2, 0.25) is 10.0 Å². The normalized spacial score (nSPS) is 26.3. The summed E-state index contributed by atoms with van der Waals surface area (Å²) in [5.41, 5.74) is 0.452. The molecule has 2 fully saturated rings. The Bertz CT molecular complexity index is 989. The number of benzene rings is 1. The zero-order valence-corrected chi connectivity index (χ0v) is 16.0. The number of carbonyl (C=O) groups excluding carboxylic acids is 1. The van der Waals surface area contributed by atoms with Crippen LogP contribution in [0.2, 0.25) is 0 Å². The summed E-state index contributed by atoms with van der Waals surface area (Å²) in [6.07, 6.45) is 3.85. The monoisotopic (exact) mass is 395 g/mol. The van der Waals surface area contributed by atoms with Crippen LogP contribution in [0.4, 0.5) is 4.39 Å². The van der Waals surface area contributed by atoms with Crippen LogP contribution in [0.25, 0.3) is 10.9 Å². The lowest BCUT2D eigenvalue weighted by molar-refractivity contribution is -0.0670. The summed E-state index contributed by atoms with van der Waals surface area (Å²) in [6.45, 7) is 1.27. The number of hydrogen-bond acceptors (Lipinski definition) is 5. The molecule has 2 aliphatic heterocycles. The molecule has 1 aromatic heterocycles. The molecular weight excluding hydrogens is 373 g/mol. The van der Waals surface area contributed by atoms with Crippen molar-refractivity contribution in [3.8, 4) is 0 Å². The second kappa shape index (κ2) is 6.57. The minimum absolute atomic E-state index is 0.0298. The second-order valence-corrected chi connectivity index (χ2v) is 9.27. The summed E-state index contributed by atoms with van der Waals surface area (Å²) in [4.78, 5) is 15.2. The third-order valence-corrected chi connectivity index (χ3v) is 6.57. The summed E-state index contributed by atoms with van der Waals surface area (Å²) in [6, 6.07) is 4.22. The van der Waals surface area contributed by atoms with Gasteiger partial charge in [-0.2, -0.15) is 0 Å². The number of nitrogens with one attached hydrogen (secondary N) is 1. The Hall–Kier alpha value is -1.97. The Kier molecular flexibility index (Phi) is 4.48. The number of amides is 1. The average Bonchev–Trinajstić information content (AvgIpc) is 2.94. The van der Waals surface area contributed by atoms with Crippen molar-refractivity contribution in [2.75, 3.05) is 26.5 Å². The predicted molar refractivity (Wildman–Crippen MR) is 98.8 cm³/mol. The highest BCUT2D eigenvalue weighted by molar-refractivity contribution is 7.89. The number of morpholine rings is 1. The first-order chi connectivity index (χ1) is 12.7. The van der Waals surface area contributed by atoms with Crippen LogP contribution in [0, 0.1) is 5.82 Å². The summed E-state index contributed by atoms with van der Waals surface area (Å²) in [5.74, 6) is -0.907. The van der Waals surface area contributed by atoms with Crippen molar-refractivity contribution in [1.82, 2.24) is 14.2 Å². The first-order valence-electron chi connectivity index (χ1n) is 8.85. The number of aromatic nitrogens is 1. The fourth-order valence-electron chi connectivity index (χ4n) is 4.10. The SMILES string of the molecule is CN1[C@@H]2COC[C@H]1C[C@@H](NC(=O)c1cn(S(C)(=O)=O)c3ccc(F)cc13)C2. The predicted octanol–water partition coefficient (Wildman–Crippen LogP) is 1.18. The number of hydrogen-bond donors (Lipinski definition) is 1. The molecule has 2 bridgehead atoms. The number of likely N-dealkylation sites (N-methyl/N-ethyl adjacent to an activating group) is 1. The molecule has 146 valence electrons. The van der Waals surface area contributed by atoms with Gasteiger partial charge in [-0.15, -0.1) is 0 Å². The van der Waals surface area contributed by atoms with E-state index < -0.39 is 15.8 Å². The van der Waals surface area contributed by atoms with Gasteiger partial charge < -0.3 is 10.1 Å². The molecule has 1 aromatic carbocycles. The molecule has 2 saturated heterocycles. The van der Waals surface area contributed by atoms with E-state index in [0.29, 0.717) is 13.2 Å². The van der Waals surface area contributed by atoms with Crippen LogP contribution in [-0.2, 0) is 14.8 Å². The van der Waals surface area contributed by atoms with E-state index in [4.69, 9.17) is 4.74 Å². The smallest absolute Gasteiger partial charge is 0.253 e. The lowest BCUT2D eigenvalue weighted by Crippen LogP contribution is -2.59. The molecule has 3 heterocycles. The minimum Gasteiger partial charge on any atom is -0.378 e. The maximum atomic E-state index is 13.7. The number of carbonyl (C=O) groups is 1. The third kappa shape index (κ3) is 3.35. The lowest BCUT2D eigenvalue weighted by Gasteiger charge is -2.46. The first kappa shape index (κ1) is 18.4. The molecule has 0 spiro atoms. The summed E-state index contributed by atoms with van der Waals surface area (Å²) < 4.78 is 44.4. The Morgan fingerprint density at radius 2 is 1.93 bits per heavy atom. The summed E-state index contributed by atoms with van der Waals surface area (Å²) >= 11 is 0. The molecule has 0 saturated carbocycles. The van der Waals surface area contributed by atoms with Gasteiger partial charge in [-0.1, -0.05) is 0 Å². The highest BCUT2D eigenvalue weighted by Gasteiger charge is 2.37. The van der Waals surface area contributed by atoms with Gasteiger partial charge >= 0.3 is 0 Å². The van der Waals surface area contributed by atoms with Gasteiger partial charge in [-0.3, -0.25) is 9.69 Å². The fraction of sp³-hybridized carbons (Fsp3) is 0.500. The molecular formula is C18H22FN3O4S. The molecule has 2 aromatic rings. The van der Waals surface area contributed by atoms with Gasteiger partial charge in [-0.05, 0) is 38.1 Å². The van der Waals surface area contributed by atoms with E-state index in [0.717, 1.165) is 23.1 Å². The van der Waals surface area contributed by atoms with Crippen LogP contribution >= 0.6 is 0 Å². The molecule has 2 aliphatic rings. The van der Waals surface area contributed by atoms with Crippen LogP contribution in [0.5, 0.6) is 0 Å². The lowest BCUT2D eigenvalue weighted by atomic mass is 9.90. The van der Waals surface area contributed by atoms with Gasteiger partial charge in [0.1, 0.15) is 5.82 Å². The second-order valence-electron chi connectivity index (χ2n) is 7.42. The zero-order valence-electron chi connectivity index (χ0n) is 15.2. The van der Waals surface area contributed by atoms with E-state index in [-0.39, 0.29) is 40.5 Å². The van der Waals surface area contributed by atoms with Crippen molar-refractivity contribution >= 4 is 26.8 Å². The quantitative estimate of drug-likeness (QED) is 0.844. The molecule has 7 nitrogen and oxygen atoms in total. The summed E-state index contributed by atoms with van der Waals surface area (Å²) in [7, 11) is -1.55. The minimum atomic E-state index is -3.62. The maximum absolute atomic E-state index is 13.7. The van der Waals surface area contributed by atoms with Crippen molar-refractivity contribution in [1.29, 1.82) is 0 Å². The number of nitrogens with zero attached hydrogens (tertiary/aromatic N) is 2. The highest BCUT2D eigenvalue weighted by atomic mass is 32.2. The van der Waals surface area contributed by atoms with Crippen molar-refractivity contribution in [2.45, 2.75) is 31.0 Å². The number of piperidine rings is 1. The zero-order chi connectivity index (χ0) is 19.3. The van der Waals surface area contributed by atoms with Crippen molar-refractivity contribution in [2.24, 2.45) is 0 Å². The molecule has 1 N–H and O–H groups in total. The number of rotatable bonds is 3. The molecule has 0 unspecified atom stereocenters. The molecule has 0 aliphatic carbocycles. The Balaban J connectivity index is 1.64. The van der Waals surface area contributed by atoms with Gasteiger partial charge in [0.05, 0.1) is 30.5 Å². The molecule has 9 heteroatoms. The van der Waals surface area contributed by atoms with Crippen LogP contribution in [0.15, 0.2) is 24.4 Å². The van der Waals surface area contributed by atoms with Crippen molar-refractivity contribution in [3.63, 3.8) is 0 Å². The van der Waals surface area contributed by atoms with E-state index >= 15 is 0 Å². The van der Waals surface area contributed by atoms with Crippen LogP contribution in [-0.4, -0.2) is 67.8 Å². The average molecular weight is 395 g/mol. The van der Waals surface area contributed by atoms with E-state index in [1.54, 1.807) is 0 Å². The van der Waals surface area contributed by atoms with E-state index in [9.17, 15) is 17.6 Å². The number of fused-ring (bicyclic) bond motifs is 3. The molecule has 1 amide bonds. The summed E-state index contributed by atoms with van der Waals surface area (Å²) in [5, 5.41) is 3.30. The van der Waals surface area contributed by atoms with Gasteiger partial charge in [0.15, 0.2) is 0 Å². The largest absolute Gasteiger partial charge is 0.378 e. The Morgan fingerprint density at radius 3 is 2.56 bits per heavy atom. The fourth-order valence-corrected chi connectivity index (χ4v) is 4.92. The number of halogens is 1.